The summed E-state index contributed by atoms with van der Waals surface area (Å²) in [5.41, 5.74) is 7.99. The lowest BCUT2D eigenvalue weighted by atomic mass is 9.68. The normalized spacial score (nSPS) is 24.6. The lowest BCUT2D eigenvalue weighted by Crippen LogP contribution is -2.36. The Kier molecular flexibility index (Phi) is 6.06. The van der Waals surface area contributed by atoms with Crippen molar-refractivity contribution in [3.8, 4) is 23.3 Å². The predicted octanol–water partition coefficient (Wildman–Crippen LogP) is 4.60. The van der Waals surface area contributed by atoms with Gasteiger partial charge in [-0.3, -0.25) is 0 Å². The van der Waals surface area contributed by atoms with Gasteiger partial charge in [0.15, 0.2) is 11.5 Å². The van der Waals surface area contributed by atoms with Gasteiger partial charge in [0.25, 0.3) is 0 Å². The third-order valence-electron chi connectivity index (χ3n) is 6.29. The van der Waals surface area contributed by atoms with E-state index < -0.39 is 0 Å². The van der Waals surface area contributed by atoms with Gasteiger partial charge in [0.2, 0.25) is 0 Å². The van der Waals surface area contributed by atoms with E-state index in [-0.39, 0.29) is 17.6 Å². The second-order valence-corrected chi connectivity index (χ2v) is 8.27. The van der Waals surface area contributed by atoms with E-state index in [1.54, 1.807) is 13.3 Å². The molecule has 1 aromatic heterocycles. The van der Waals surface area contributed by atoms with Crippen LogP contribution in [0.3, 0.4) is 0 Å². The molecule has 4 nitrogen and oxygen atoms in total. The third-order valence-corrected chi connectivity index (χ3v) is 6.29. The van der Waals surface area contributed by atoms with Crippen molar-refractivity contribution in [2.45, 2.75) is 68.9 Å². The number of benzene rings is 1. The van der Waals surface area contributed by atoms with Crippen molar-refractivity contribution in [3.05, 3.63) is 53.9 Å². The van der Waals surface area contributed by atoms with E-state index in [0.717, 1.165) is 55.7 Å². The smallest absolute Gasteiger partial charge is 0.161 e. The van der Waals surface area contributed by atoms with E-state index in [4.69, 9.17) is 15.2 Å². The molecule has 2 aliphatic carbocycles. The summed E-state index contributed by atoms with van der Waals surface area (Å²) in [6, 6.07) is 12.4. The van der Waals surface area contributed by atoms with Gasteiger partial charge in [-0.05, 0) is 87.1 Å². The maximum atomic E-state index is 6.35. The zero-order valence-electron chi connectivity index (χ0n) is 17.2. The Bertz CT molecular complexity index is 871. The first kappa shape index (κ1) is 19.8. The van der Waals surface area contributed by atoms with Crippen LogP contribution in [-0.2, 0) is 5.41 Å². The van der Waals surface area contributed by atoms with Crippen molar-refractivity contribution in [3.63, 3.8) is 0 Å². The van der Waals surface area contributed by atoms with Crippen molar-refractivity contribution < 1.29 is 9.47 Å². The number of nitrogens with zero attached hydrogens (tertiary/aromatic N) is 1. The number of rotatable bonds is 4. The number of nitrogens with two attached hydrogens (primary N) is 1. The van der Waals surface area contributed by atoms with Gasteiger partial charge in [-0.25, -0.2) is 4.98 Å². The van der Waals surface area contributed by atoms with Crippen LogP contribution in [0.4, 0.5) is 0 Å². The molecule has 2 aromatic rings. The number of hydrogen-bond donors (Lipinski definition) is 1. The largest absolute Gasteiger partial charge is 0.493 e. The zero-order valence-corrected chi connectivity index (χ0v) is 17.2. The van der Waals surface area contributed by atoms with Gasteiger partial charge in [0.05, 0.1) is 18.6 Å². The van der Waals surface area contributed by atoms with Crippen molar-refractivity contribution in [2.75, 3.05) is 7.11 Å². The minimum atomic E-state index is -0.229. The molecule has 0 radical (unpaired) electrons. The molecule has 0 saturated heterocycles. The van der Waals surface area contributed by atoms with Gasteiger partial charge in [0, 0.05) is 12.2 Å². The maximum absolute atomic E-state index is 6.35. The molecule has 29 heavy (non-hydrogen) atoms. The molecular formula is C25H30N2O2. The highest BCUT2D eigenvalue weighted by atomic mass is 16.5. The summed E-state index contributed by atoms with van der Waals surface area (Å²) in [7, 11) is 1.70. The van der Waals surface area contributed by atoms with E-state index in [1.807, 2.05) is 24.3 Å². The van der Waals surface area contributed by atoms with Crippen LogP contribution in [0.2, 0.25) is 0 Å². The molecule has 2 N–H and O–H groups in total. The Morgan fingerprint density at radius 2 is 1.83 bits per heavy atom. The number of aromatic nitrogens is 1. The Morgan fingerprint density at radius 1 is 1.03 bits per heavy atom. The summed E-state index contributed by atoms with van der Waals surface area (Å²) in [4.78, 5) is 4.37. The van der Waals surface area contributed by atoms with Crippen molar-refractivity contribution in [1.29, 1.82) is 0 Å². The Labute approximate surface area is 173 Å². The molecule has 0 spiro atoms. The lowest BCUT2D eigenvalue weighted by Gasteiger charge is -2.36. The number of ether oxygens (including phenoxy) is 2. The van der Waals surface area contributed by atoms with Gasteiger partial charge in [0.1, 0.15) is 5.69 Å². The SMILES string of the molecule is COc1ccc([C@]2(C#Cc3ccccn3)CC[C@H](N)CC2)cc1OC1CCCC1. The van der Waals surface area contributed by atoms with Crippen molar-refractivity contribution in [2.24, 2.45) is 5.73 Å². The van der Waals surface area contributed by atoms with Gasteiger partial charge in [-0.2, -0.15) is 0 Å². The van der Waals surface area contributed by atoms with Gasteiger partial charge < -0.3 is 15.2 Å². The summed E-state index contributed by atoms with van der Waals surface area (Å²) in [6.45, 7) is 0. The van der Waals surface area contributed by atoms with Crippen molar-refractivity contribution >= 4 is 0 Å². The van der Waals surface area contributed by atoms with Crippen LogP contribution in [0.15, 0.2) is 42.6 Å². The van der Waals surface area contributed by atoms with E-state index in [2.05, 4.69) is 29.0 Å². The molecule has 152 valence electrons. The zero-order chi connectivity index (χ0) is 20.1. The highest BCUT2D eigenvalue weighted by Gasteiger charge is 2.35. The second kappa shape index (κ2) is 8.88. The molecular weight excluding hydrogens is 360 g/mol. The second-order valence-electron chi connectivity index (χ2n) is 8.27. The van der Waals surface area contributed by atoms with Crippen molar-refractivity contribution in [1.82, 2.24) is 4.98 Å². The highest BCUT2D eigenvalue weighted by molar-refractivity contribution is 5.49. The molecule has 2 aliphatic rings. The van der Waals surface area contributed by atoms with Crippen LogP contribution in [-0.4, -0.2) is 24.2 Å². The molecule has 1 aromatic carbocycles. The van der Waals surface area contributed by atoms with E-state index >= 15 is 0 Å². The first-order valence-corrected chi connectivity index (χ1v) is 10.7. The van der Waals surface area contributed by atoms with Gasteiger partial charge >= 0.3 is 0 Å². The predicted molar refractivity (Wildman–Crippen MR) is 115 cm³/mol. The van der Waals surface area contributed by atoms with Crippen LogP contribution in [0.25, 0.3) is 0 Å². The fourth-order valence-corrected chi connectivity index (χ4v) is 4.49. The quantitative estimate of drug-likeness (QED) is 0.775. The highest BCUT2D eigenvalue weighted by Crippen LogP contribution is 2.42. The summed E-state index contributed by atoms with van der Waals surface area (Å²) >= 11 is 0. The van der Waals surface area contributed by atoms with Crippen LogP contribution in [0.1, 0.15) is 62.6 Å². The Hall–Kier alpha value is -2.51. The summed E-state index contributed by atoms with van der Waals surface area (Å²) in [5, 5.41) is 0. The molecule has 0 atom stereocenters. The minimum absolute atomic E-state index is 0.229. The molecule has 4 rings (SSSR count). The molecule has 0 amide bonds. The van der Waals surface area contributed by atoms with Crippen LogP contribution in [0, 0.1) is 11.8 Å². The lowest BCUT2D eigenvalue weighted by molar-refractivity contribution is 0.200. The maximum Gasteiger partial charge on any atom is 0.161 e. The monoisotopic (exact) mass is 390 g/mol. The topological polar surface area (TPSA) is 57.4 Å². The van der Waals surface area contributed by atoms with Crippen LogP contribution >= 0.6 is 0 Å². The molecule has 2 saturated carbocycles. The van der Waals surface area contributed by atoms with Crippen LogP contribution < -0.4 is 15.2 Å². The third kappa shape index (κ3) is 4.57. The summed E-state index contributed by atoms with van der Waals surface area (Å²) in [5.74, 6) is 8.53. The number of hydrogen-bond acceptors (Lipinski definition) is 4. The first-order valence-electron chi connectivity index (χ1n) is 10.7. The number of methoxy groups -OCH3 is 1. The summed E-state index contributed by atoms with van der Waals surface area (Å²) in [6.07, 6.45) is 10.6. The molecule has 1 heterocycles. The summed E-state index contributed by atoms with van der Waals surface area (Å²) < 4.78 is 11.9. The molecule has 0 aliphatic heterocycles. The molecule has 2 fully saturated rings. The number of pyridine rings is 1. The fourth-order valence-electron chi connectivity index (χ4n) is 4.49. The standard InChI is InChI=1S/C25H30N2O2/c1-28-23-10-9-19(18-24(23)29-22-7-2-3-8-22)25(14-11-20(26)12-15-25)16-13-21-6-4-5-17-27-21/h4-6,9-10,17-18,20,22H,2-3,7-8,11-12,14-15,26H2,1H3/t20-,25+. The first-order chi connectivity index (χ1) is 14.2. The molecule has 4 heteroatoms. The van der Waals surface area contributed by atoms with Crippen LogP contribution in [0.5, 0.6) is 11.5 Å². The Morgan fingerprint density at radius 3 is 2.52 bits per heavy atom. The average molecular weight is 391 g/mol. The molecule has 0 unspecified atom stereocenters. The fraction of sp³-hybridized carbons (Fsp3) is 0.480. The minimum Gasteiger partial charge on any atom is -0.493 e. The average Bonchev–Trinajstić information content (AvgIpc) is 3.27. The Balaban J connectivity index is 1.69. The van der Waals surface area contributed by atoms with Gasteiger partial charge in [-0.15, -0.1) is 0 Å². The van der Waals surface area contributed by atoms with Gasteiger partial charge in [-0.1, -0.05) is 18.1 Å². The van der Waals surface area contributed by atoms with E-state index in [9.17, 15) is 0 Å². The van der Waals surface area contributed by atoms with E-state index in [1.165, 1.54) is 18.4 Å². The molecule has 0 bridgehead atoms. The van der Waals surface area contributed by atoms with E-state index in [0.29, 0.717) is 0 Å².